The van der Waals surface area contributed by atoms with Gasteiger partial charge in [-0.1, -0.05) is 45.0 Å². The summed E-state index contributed by atoms with van der Waals surface area (Å²) in [5.41, 5.74) is 6.34. The monoisotopic (exact) mass is 581 g/mol. The fraction of sp³-hybridized carbons (Fsp3) is 0.606. The van der Waals surface area contributed by atoms with Crippen LogP contribution >= 0.6 is 0 Å². The lowest BCUT2D eigenvalue weighted by molar-refractivity contribution is -0.109. The number of allylic oxidation sites excluding steroid dienone is 1. The van der Waals surface area contributed by atoms with E-state index in [0.717, 1.165) is 55.7 Å². The largest absolute Gasteiger partial charge is 0.371 e. The second-order valence-electron chi connectivity index (χ2n) is 10.3. The van der Waals surface area contributed by atoms with Crippen molar-refractivity contribution >= 4 is 29.6 Å². The molecule has 3 unspecified atom stereocenters. The van der Waals surface area contributed by atoms with Crippen molar-refractivity contribution in [3.8, 4) is 0 Å². The van der Waals surface area contributed by atoms with Crippen LogP contribution in [0.15, 0.2) is 57.1 Å². The van der Waals surface area contributed by atoms with E-state index in [0.29, 0.717) is 31.3 Å². The minimum atomic E-state index is -0.206. The maximum absolute atomic E-state index is 12.6. The number of hydrazone groups is 2. The van der Waals surface area contributed by atoms with Gasteiger partial charge >= 0.3 is 0 Å². The highest BCUT2D eigenvalue weighted by Gasteiger charge is 2.17. The Kier molecular flexibility index (Phi) is 19.7. The first kappa shape index (κ1) is 36.9. The number of nitrogens with zero attached hydrogens (tertiary/aromatic N) is 5. The van der Waals surface area contributed by atoms with Crippen LogP contribution in [0.2, 0.25) is 0 Å². The number of ketones is 1. The maximum Gasteiger partial charge on any atom is 0.201 e. The number of ether oxygens (including phenoxy) is 1. The summed E-state index contributed by atoms with van der Waals surface area (Å²) in [7, 11) is 1.73. The first-order valence-corrected chi connectivity index (χ1v) is 15.5. The van der Waals surface area contributed by atoms with Gasteiger partial charge in [-0.05, 0) is 83.3 Å². The van der Waals surface area contributed by atoms with Crippen molar-refractivity contribution < 1.29 is 9.53 Å². The number of carbonyl (C=O) groups excluding carboxylic acids is 1. The average Bonchev–Trinajstić information content (AvgIpc) is 3.28. The van der Waals surface area contributed by atoms with Crippen molar-refractivity contribution in [3.05, 3.63) is 48.0 Å². The van der Waals surface area contributed by atoms with E-state index in [1.165, 1.54) is 12.5 Å². The van der Waals surface area contributed by atoms with Gasteiger partial charge in [-0.3, -0.25) is 19.8 Å². The number of hydrogen-bond donors (Lipinski definition) is 2. The van der Waals surface area contributed by atoms with Gasteiger partial charge in [0.2, 0.25) is 5.78 Å². The molecule has 9 heteroatoms. The van der Waals surface area contributed by atoms with Gasteiger partial charge in [-0.2, -0.15) is 10.2 Å². The SMILES string of the molecule is C=CC(=O)/C(Cc1cccc(C(C)=NCC(C=NC)OCC)c1)=N\NC(C)/C=N\N(CC)C1CCCNCC1.CCC. The van der Waals surface area contributed by atoms with Crippen LogP contribution in [0, 0.1) is 0 Å². The van der Waals surface area contributed by atoms with Gasteiger partial charge in [-0.15, -0.1) is 0 Å². The Bertz CT molecular complexity index is 1030. The molecule has 234 valence electrons. The van der Waals surface area contributed by atoms with E-state index in [-0.39, 0.29) is 17.9 Å². The predicted molar refractivity (Wildman–Crippen MR) is 180 cm³/mol. The molecule has 1 saturated heterocycles. The standard InChI is InChI=1S/C30H47N7O2.C3H8/c1-7-30(38)29(36-35-23(4)20-34-37(8-2)27-14-11-16-32-17-15-27)19-25-12-10-13-26(18-25)24(5)33-22-28(21-31-6)39-9-3;1-3-2/h7,10,12-13,18,20-21,23,27-28,32,35H,1,8-9,11,14-17,19,22H2,2-6H3;3H2,1-2H3/b31-21?,33-24?,34-20-,36-29-;. The zero-order chi connectivity index (χ0) is 31.2. The van der Waals surface area contributed by atoms with Gasteiger partial charge in [0.05, 0.1) is 12.6 Å². The van der Waals surface area contributed by atoms with Crippen LogP contribution in [0.25, 0.3) is 0 Å². The molecule has 1 fully saturated rings. The summed E-state index contributed by atoms with van der Waals surface area (Å²) in [5.74, 6) is -0.206. The number of carbonyl (C=O) groups is 1. The third-order valence-corrected chi connectivity index (χ3v) is 6.52. The lowest BCUT2D eigenvalue weighted by Gasteiger charge is -2.27. The minimum absolute atomic E-state index is 0.138. The van der Waals surface area contributed by atoms with E-state index in [1.807, 2.05) is 51.3 Å². The number of nitrogens with one attached hydrogen (secondary N) is 2. The topological polar surface area (TPSA) is 103 Å². The molecule has 42 heavy (non-hydrogen) atoms. The van der Waals surface area contributed by atoms with Crippen molar-refractivity contribution in [2.24, 2.45) is 20.2 Å². The van der Waals surface area contributed by atoms with Gasteiger partial charge in [0.25, 0.3) is 0 Å². The zero-order valence-electron chi connectivity index (χ0n) is 27.1. The van der Waals surface area contributed by atoms with E-state index in [1.54, 1.807) is 13.3 Å². The number of aliphatic imine (C=N–C) groups is 2. The second kappa shape index (κ2) is 22.4. The molecule has 0 radical (unpaired) electrons. The molecule has 1 aliphatic rings. The molecule has 0 saturated carbocycles. The van der Waals surface area contributed by atoms with E-state index in [4.69, 9.17) is 14.8 Å². The Labute approximate surface area is 254 Å². The van der Waals surface area contributed by atoms with Crippen molar-refractivity contribution in [3.63, 3.8) is 0 Å². The Morgan fingerprint density at radius 2 is 1.98 bits per heavy atom. The summed E-state index contributed by atoms with van der Waals surface area (Å²) in [6.45, 7) is 20.0. The first-order chi connectivity index (χ1) is 20.3. The molecule has 0 spiro atoms. The number of rotatable bonds is 16. The van der Waals surface area contributed by atoms with Gasteiger partial charge < -0.3 is 15.5 Å². The number of benzene rings is 1. The molecule has 1 aromatic carbocycles. The van der Waals surface area contributed by atoms with Crippen LogP contribution in [-0.2, 0) is 16.0 Å². The summed E-state index contributed by atoms with van der Waals surface area (Å²) < 4.78 is 5.66. The smallest absolute Gasteiger partial charge is 0.201 e. The second-order valence-corrected chi connectivity index (χ2v) is 10.3. The normalized spacial score (nSPS) is 17.7. The third-order valence-electron chi connectivity index (χ3n) is 6.52. The molecule has 0 aliphatic carbocycles. The highest BCUT2D eigenvalue weighted by Crippen LogP contribution is 2.13. The Hall–Kier alpha value is -3.17. The maximum atomic E-state index is 12.6. The molecule has 0 bridgehead atoms. The Balaban J connectivity index is 0.00000281. The lowest BCUT2D eigenvalue weighted by Crippen LogP contribution is -2.33. The van der Waals surface area contributed by atoms with Crippen molar-refractivity contribution in [2.75, 3.05) is 39.8 Å². The molecule has 0 amide bonds. The molecule has 2 rings (SSSR count). The van der Waals surface area contributed by atoms with E-state index < -0.39 is 0 Å². The molecular weight excluding hydrogens is 526 g/mol. The summed E-state index contributed by atoms with van der Waals surface area (Å²) in [6, 6.07) is 8.32. The molecular formula is C33H55N7O2. The van der Waals surface area contributed by atoms with Gasteiger partial charge in [0.15, 0.2) is 0 Å². The van der Waals surface area contributed by atoms with E-state index in [9.17, 15) is 4.79 Å². The van der Waals surface area contributed by atoms with Gasteiger partial charge in [0.1, 0.15) is 11.8 Å². The number of hydrogen-bond acceptors (Lipinski definition) is 9. The summed E-state index contributed by atoms with van der Waals surface area (Å²) >= 11 is 0. The summed E-state index contributed by atoms with van der Waals surface area (Å²) in [5, 5.41) is 14.8. The van der Waals surface area contributed by atoms with Gasteiger partial charge in [0, 0.05) is 50.8 Å². The minimum Gasteiger partial charge on any atom is -0.371 e. The van der Waals surface area contributed by atoms with Crippen LogP contribution in [-0.4, -0.2) is 92.7 Å². The molecule has 0 aromatic heterocycles. The first-order valence-electron chi connectivity index (χ1n) is 15.5. The quantitative estimate of drug-likeness (QED) is 0.161. The molecule has 1 heterocycles. The Morgan fingerprint density at radius 3 is 2.64 bits per heavy atom. The summed E-state index contributed by atoms with van der Waals surface area (Å²) in [4.78, 5) is 21.4. The van der Waals surface area contributed by atoms with Crippen LogP contribution in [0.5, 0.6) is 0 Å². The molecule has 9 nitrogen and oxygen atoms in total. The van der Waals surface area contributed by atoms with Crippen molar-refractivity contribution in [1.29, 1.82) is 0 Å². The summed E-state index contributed by atoms with van der Waals surface area (Å²) in [6.07, 6.45) is 9.81. The predicted octanol–water partition coefficient (Wildman–Crippen LogP) is 5.10. The van der Waals surface area contributed by atoms with Crippen molar-refractivity contribution in [1.82, 2.24) is 15.8 Å². The highest BCUT2D eigenvalue weighted by molar-refractivity contribution is 6.44. The van der Waals surface area contributed by atoms with Crippen LogP contribution in [0.4, 0.5) is 0 Å². The zero-order valence-corrected chi connectivity index (χ0v) is 27.1. The van der Waals surface area contributed by atoms with Crippen LogP contribution in [0.3, 0.4) is 0 Å². The van der Waals surface area contributed by atoms with Crippen molar-refractivity contribution in [2.45, 2.75) is 91.8 Å². The Morgan fingerprint density at radius 1 is 1.21 bits per heavy atom. The van der Waals surface area contributed by atoms with Gasteiger partial charge in [-0.25, -0.2) is 0 Å². The fourth-order valence-electron chi connectivity index (χ4n) is 4.37. The van der Waals surface area contributed by atoms with E-state index in [2.05, 4.69) is 53.2 Å². The molecule has 2 N–H and O–H groups in total. The van der Waals surface area contributed by atoms with Crippen LogP contribution < -0.4 is 10.7 Å². The lowest BCUT2D eigenvalue weighted by atomic mass is 10.0. The van der Waals surface area contributed by atoms with E-state index >= 15 is 0 Å². The highest BCUT2D eigenvalue weighted by atomic mass is 16.5. The molecule has 1 aromatic rings. The van der Waals surface area contributed by atoms with Crippen LogP contribution in [0.1, 0.15) is 78.4 Å². The molecule has 1 aliphatic heterocycles. The average molecular weight is 582 g/mol. The fourth-order valence-corrected chi connectivity index (χ4v) is 4.37. The third kappa shape index (κ3) is 14.6. The molecule has 3 atom stereocenters.